The molecule has 5 nitrogen and oxygen atoms in total. The molecule has 1 aliphatic heterocycles. The normalized spacial score (nSPS) is 14.7. The van der Waals surface area contributed by atoms with Crippen molar-refractivity contribution in [3.63, 3.8) is 0 Å². The Morgan fingerprint density at radius 3 is 2.78 bits per heavy atom. The van der Waals surface area contributed by atoms with Gasteiger partial charge in [0.05, 0.1) is 11.3 Å². The van der Waals surface area contributed by atoms with E-state index in [0.29, 0.717) is 22.2 Å². The summed E-state index contributed by atoms with van der Waals surface area (Å²) in [6, 6.07) is 5.98. The molecule has 3 aromatic heterocycles. The summed E-state index contributed by atoms with van der Waals surface area (Å²) in [6.07, 6.45) is 4.17. The van der Waals surface area contributed by atoms with Crippen LogP contribution in [0.4, 0.5) is 0 Å². The minimum Gasteiger partial charge on any atom is -0.342 e. The van der Waals surface area contributed by atoms with Gasteiger partial charge >= 0.3 is 0 Å². The number of nitrogens with zero attached hydrogens (tertiary/aromatic N) is 3. The van der Waals surface area contributed by atoms with E-state index in [1.54, 1.807) is 15.9 Å². The summed E-state index contributed by atoms with van der Waals surface area (Å²) in [5.74, 6) is 0.477. The third-order valence-electron chi connectivity index (χ3n) is 4.73. The number of likely N-dealkylation sites (tertiary alicyclic amines) is 1. The third kappa shape index (κ3) is 4.28. The molecule has 0 aromatic carbocycles. The molecule has 0 aliphatic carbocycles. The van der Waals surface area contributed by atoms with Crippen LogP contribution in [0.1, 0.15) is 24.1 Å². The van der Waals surface area contributed by atoms with E-state index in [0.717, 1.165) is 37.9 Å². The number of aromatic nitrogens is 2. The van der Waals surface area contributed by atoms with Gasteiger partial charge in [-0.1, -0.05) is 17.8 Å². The lowest BCUT2D eigenvalue weighted by Gasteiger charge is -2.26. The number of thioether (sulfide) groups is 1. The first-order chi connectivity index (χ1) is 13.2. The Morgan fingerprint density at radius 2 is 2.00 bits per heavy atom. The number of fused-ring (bicyclic) bond motifs is 1. The van der Waals surface area contributed by atoms with Crippen molar-refractivity contribution in [1.29, 1.82) is 0 Å². The van der Waals surface area contributed by atoms with Crippen molar-refractivity contribution in [1.82, 2.24) is 14.5 Å². The molecule has 0 unspecified atom stereocenters. The van der Waals surface area contributed by atoms with E-state index in [-0.39, 0.29) is 11.5 Å². The van der Waals surface area contributed by atoms with Gasteiger partial charge in [0.25, 0.3) is 5.56 Å². The lowest BCUT2D eigenvalue weighted by atomic mass is 10.1. The highest BCUT2D eigenvalue weighted by Crippen LogP contribution is 2.22. The summed E-state index contributed by atoms with van der Waals surface area (Å²) < 4.78 is 2.43. The fourth-order valence-corrected chi connectivity index (χ4v) is 5.67. The van der Waals surface area contributed by atoms with Gasteiger partial charge in [0.15, 0.2) is 5.16 Å². The lowest BCUT2D eigenvalue weighted by molar-refractivity contribution is -0.129. The number of piperidine rings is 1. The molecule has 0 saturated carbocycles. The molecular weight excluding hydrogens is 398 g/mol. The number of rotatable bonds is 6. The molecule has 4 rings (SSSR count). The zero-order valence-corrected chi connectivity index (χ0v) is 17.4. The van der Waals surface area contributed by atoms with Crippen LogP contribution in [0.25, 0.3) is 10.2 Å². The summed E-state index contributed by atoms with van der Waals surface area (Å²) in [4.78, 5) is 33.3. The minimum absolute atomic E-state index is 0.000484. The van der Waals surface area contributed by atoms with Gasteiger partial charge in [-0.3, -0.25) is 14.2 Å². The zero-order valence-electron chi connectivity index (χ0n) is 14.9. The van der Waals surface area contributed by atoms with Crippen molar-refractivity contribution >= 4 is 50.6 Å². The van der Waals surface area contributed by atoms with Crippen LogP contribution in [-0.4, -0.2) is 39.2 Å². The first kappa shape index (κ1) is 18.7. The van der Waals surface area contributed by atoms with Gasteiger partial charge in [-0.2, -0.15) is 0 Å². The maximum absolute atomic E-state index is 12.9. The largest absolute Gasteiger partial charge is 0.342 e. The number of amides is 1. The molecule has 1 amide bonds. The summed E-state index contributed by atoms with van der Waals surface area (Å²) >= 11 is 4.51. The van der Waals surface area contributed by atoms with Gasteiger partial charge in [0, 0.05) is 24.5 Å². The second kappa shape index (κ2) is 8.58. The highest BCUT2D eigenvalue weighted by molar-refractivity contribution is 7.99. The Labute approximate surface area is 170 Å². The van der Waals surface area contributed by atoms with Crippen molar-refractivity contribution in [2.75, 3.05) is 18.8 Å². The molecule has 0 atom stereocenters. The summed E-state index contributed by atoms with van der Waals surface area (Å²) in [5.41, 5.74) is 0.727. The summed E-state index contributed by atoms with van der Waals surface area (Å²) in [5, 5.41) is 4.59. The molecule has 8 heteroatoms. The van der Waals surface area contributed by atoms with E-state index in [1.165, 1.54) is 34.4 Å². The van der Waals surface area contributed by atoms with E-state index in [4.69, 9.17) is 0 Å². The van der Waals surface area contributed by atoms with E-state index >= 15 is 0 Å². The topological polar surface area (TPSA) is 55.2 Å². The average Bonchev–Trinajstić information content (AvgIpc) is 3.38. The molecule has 1 fully saturated rings. The van der Waals surface area contributed by atoms with Crippen molar-refractivity contribution in [2.24, 2.45) is 0 Å². The summed E-state index contributed by atoms with van der Waals surface area (Å²) in [6.45, 7) is 2.28. The predicted octanol–water partition coefficient (Wildman–Crippen LogP) is 3.87. The molecule has 27 heavy (non-hydrogen) atoms. The molecule has 4 heterocycles. The molecule has 3 aromatic rings. The van der Waals surface area contributed by atoms with Crippen molar-refractivity contribution in [2.45, 2.75) is 37.4 Å². The van der Waals surface area contributed by atoms with Crippen molar-refractivity contribution in [3.05, 3.63) is 44.2 Å². The fourth-order valence-electron chi connectivity index (χ4n) is 3.27. The molecule has 0 bridgehead atoms. The monoisotopic (exact) mass is 419 g/mol. The number of carbonyl (C=O) groups is 1. The first-order valence-electron chi connectivity index (χ1n) is 9.13. The average molecular weight is 420 g/mol. The van der Waals surface area contributed by atoms with Crippen LogP contribution in [0.3, 0.4) is 0 Å². The lowest BCUT2D eigenvalue weighted by Crippen LogP contribution is -2.37. The Hall–Kier alpha value is -1.64. The fraction of sp³-hybridized carbons (Fsp3) is 0.421. The Balaban J connectivity index is 1.55. The van der Waals surface area contributed by atoms with E-state index in [2.05, 4.69) is 11.1 Å². The smallest absolute Gasteiger partial charge is 0.272 e. The van der Waals surface area contributed by atoms with Crippen molar-refractivity contribution in [3.8, 4) is 0 Å². The quantitative estimate of drug-likeness (QED) is 0.450. The van der Waals surface area contributed by atoms with Crippen LogP contribution in [0.5, 0.6) is 0 Å². The van der Waals surface area contributed by atoms with Crippen LogP contribution >= 0.6 is 34.4 Å². The maximum Gasteiger partial charge on any atom is 0.272 e. The van der Waals surface area contributed by atoms with Gasteiger partial charge in [-0.15, -0.1) is 22.7 Å². The second-order valence-corrected chi connectivity index (χ2v) is 9.44. The first-order valence-corrected chi connectivity index (χ1v) is 11.9. The Bertz CT molecular complexity index is 972. The van der Waals surface area contributed by atoms with Crippen LogP contribution in [0.15, 0.2) is 38.9 Å². The molecule has 142 valence electrons. The molecule has 1 saturated heterocycles. The highest BCUT2D eigenvalue weighted by atomic mass is 32.2. The number of aryl methyl sites for hydroxylation is 1. The van der Waals surface area contributed by atoms with E-state index in [9.17, 15) is 9.59 Å². The van der Waals surface area contributed by atoms with Gasteiger partial charge in [0.2, 0.25) is 5.91 Å². The Kier molecular flexibility index (Phi) is 5.95. The Morgan fingerprint density at radius 1 is 1.15 bits per heavy atom. The highest BCUT2D eigenvalue weighted by Gasteiger charge is 2.19. The molecular formula is C19H21N3O2S3. The van der Waals surface area contributed by atoms with Gasteiger partial charge < -0.3 is 4.90 Å². The van der Waals surface area contributed by atoms with Crippen LogP contribution in [-0.2, 0) is 17.8 Å². The number of carbonyl (C=O) groups excluding carboxylic acids is 1. The zero-order chi connectivity index (χ0) is 18.6. The molecule has 1 aliphatic rings. The summed E-state index contributed by atoms with van der Waals surface area (Å²) in [7, 11) is 0. The molecule has 0 radical (unpaired) electrons. The molecule has 0 N–H and O–H groups in total. The number of hydrogen-bond donors (Lipinski definition) is 0. The maximum atomic E-state index is 12.9. The van der Waals surface area contributed by atoms with E-state index < -0.39 is 0 Å². The van der Waals surface area contributed by atoms with E-state index in [1.807, 2.05) is 27.8 Å². The molecule has 0 spiro atoms. The predicted molar refractivity (Wildman–Crippen MR) is 113 cm³/mol. The van der Waals surface area contributed by atoms with Crippen LogP contribution in [0, 0.1) is 0 Å². The van der Waals surface area contributed by atoms with Gasteiger partial charge in [-0.25, -0.2) is 4.98 Å². The second-order valence-electron chi connectivity index (χ2n) is 6.55. The van der Waals surface area contributed by atoms with Crippen LogP contribution in [0.2, 0.25) is 0 Å². The van der Waals surface area contributed by atoms with Gasteiger partial charge in [0.1, 0.15) is 4.70 Å². The standard InChI is InChI=1S/C19H21N3O2S3/c23-16(21-8-2-1-3-9-21)13-27-19-20-15-7-12-26-17(15)18(24)22(19)10-6-14-5-4-11-25-14/h4-5,7,11-12H,1-3,6,8-10,13H2. The van der Waals surface area contributed by atoms with Gasteiger partial charge in [-0.05, 0) is 48.6 Å². The minimum atomic E-state index is -0.000484. The number of thiophene rings is 2. The van der Waals surface area contributed by atoms with Crippen LogP contribution < -0.4 is 5.56 Å². The third-order valence-corrected chi connectivity index (χ3v) is 7.52. The SMILES string of the molecule is O=C(CSc1nc2ccsc2c(=O)n1CCc1cccs1)N1CCCCC1. The number of hydrogen-bond acceptors (Lipinski definition) is 6. The van der Waals surface area contributed by atoms with Crippen molar-refractivity contribution < 1.29 is 4.79 Å².